The van der Waals surface area contributed by atoms with Gasteiger partial charge in [-0.05, 0) is 58.1 Å². The van der Waals surface area contributed by atoms with Gasteiger partial charge < -0.3 is 10.2 Å². The molecule has 0 radical (unpaired) electrons. The first-order valence-corrected chi connectivity index (χ1v) is 10.9. The molecule has 1 N–H and O–H groups in total. The average molecular weight is 386 g/mol. The minimum Gasteiger partial charge on any atom is -0.355 e. The maximum atomic E-state index is 12.4. The van der Waals surface area contributed by atoms with Crippen LogP contribution >= 0.6 is 0 Å². The fourth-order valence-corrected chi connectivity index (χ4v) is 4.61. The van der Waals surface area contributed by atoms with Gasteiger partial charge in [0.1, 0.15) is 0 Å². The Morgan fingerprint density at radius 3 is 2.64 bits per heavy atom. The first-order valence-electron chi connectivity index (χ1n) is 10.9. The standard InChI is InChI=1S/C23H35N3O2/c1-18-14-19(2)16-20(15-18)21-8-6-12-26(21)17-22(27)24-10-7-13-25-11-5-3-4-9-23(25)28/h14-16,21H,3-13,17H2,1-2H3,(H,24,27). The molecule has 2 fully saturated rings. The maximum Gasteiger partial charge on any atom is 0.234 e. The Balaban J connectivity index is 1.43. The molecule has 1 aromatic carbocycles. The normalized spacial score (nSPS) is 21.0. The second-order valence-corrected chi connectivity index (χ2v) is 8.44. The molecule has 0 bridgehead atoms. The van der Waals surface area contributed by atoms with E-state index >= 15 is 0 Å². The van der Waals surface area contributed by atoms with Crippen molar-refractivity contribution in [1.29, 1.82) is 0 Å². The molecule has 2 heterocycles. The number of rotatable bonds is 7. The van der Waals surface area contributed by atoms with Crippen molar-refractivity contribution in [2.45, 2.75) is 64.8 Å². The van der Waals surface area contributed by atoms with Gasteiger partial charge in [0, 0.05) is 32.1 Å². The fourth-order valence-electron chi connectivity index (χ4n) is 4.61. The van der Waals surface area contributed by atoms with Crippen LogP contribution in [0.2, 0.25) is 0 Å². The van der Waals surface area contributed by atoms with Gasteiger partial charge in [0.25, 0.3) is 0 Å². The Hall–Kier alpha value is -1.88. The predicted molar refractivity (Wildman–Crippen MR) is 112 cm³/mol. The van der Waals surface area contributed by atoms with Crippen LogP contribution in [0.15, 0.2) is 18.2 Å². The summed E-state index contributed by atoms with van der Waals surface area (Å²) in [7, 11) is 0. The number of carbonyl (C=O) groups is 2. The highest BCUT2D eigenvalue weighted by molar-refractivity contribution is 5.78. The molecule has 2 saturated heterocycles. The number of nitrogens with one attached hydrogen (secondary N) is 1. The summed E-state index contributed by atoms with van der Waals surface area (Å²) in [5, 5.41) is 3.06. The van der Waals surface area contributed by atoms with Crippen LogP contribution in [0.1, 0.15) is 67.7 Å². The monoisotopic (exact) mass is 385 g/mol. The summed E-state index contributed by atoms with van der Waals surface area (Å²) >= 11 is 0. The molecule has 2 aliphatic heterocycles. The van der Waals surface area contributed by atoms with Crippen LogP contribution in [-0.4, -0.2) is 54.3 Å². The Morgan fingerprint density at radius 1 is 1.07 bits per heavy atom. The number of nitrogens with zero attached hydrogens (tertiary/aromatic N) is 2. The molecule has 1 aromatic rings. The zero-order valence-corrected chi connectivity index (χ0v) is 17.5. The SMILES string of the molecule is Cc1cc(C)cc(C2CCCN2CC(=O)NCCCN2CCCCCC2=O)c1. The summed E-state index contributed by atoms with van der Waals surface area (Å²) in [6, 6.07) is 7.06. The highest BCUT2D eigenvalue weighted by Crippen LogP contribution is 2.32. The summed E-state index contributed by atoms with van der Waals surface area (Å²) in [4.78, 5) is 28.7. The third-order valence-electron chi connectivity index (χ3n) is 5.94. The molecule has 0 spiro atoms. The third kappa shape index (κ3) is 5.81. The van der Waals surface area contributed by atoms with Crippen LogP contribution in [0, 0.1) is 13.8 Å². The quantitative estimate of drug-likeness (QED) is 0.733. The lowest BCUT2D eigenvalue weighted by atomic mass is 9.99. The van der Waals surface area contributed by atoms with Crippen LogP contribution in [0.5, 0.6) is 0 Å². The number of hydrogen-bond acceptors (Lipinski definition) is 3. The van der Waals surface area contributed by atoms with Gasteiger partial charge in [0.2, 0.25) is 11.8 Å². The van der Waals surface area contributed by atoms with Crippen molar-refractivity contribution < 1.29 is 9.59 Å². The van der Waals surface area contributed by atoms with Crippen LogP contribution < -0.4 is 5.32 Å². The van der Waals surface area contributed by atoms with E-state index in [0.717, 1.165) is 58.2 Å². The highest BCUT2D eigenvalue weighted by atomic mass is 16.2. The van der Waals surface area contributed by atoms with Crippen LogP contribution in [0.3, 0.4) is 0 Å². The van der Waals surface area contributed by atoms with Gasteiger partial charge in [-0.1, -0.05) is 35.7 Å². The van der Waals surface area contributed by atoms with Crippen molar-refractivity contribution in [2.24, 2.45) is 0 Å². The molecule has 0 aromatic heterocycles. The van der Waals surface area contributed by atoms with E-state index in [-0.39, 0.29) is 11.8 Å². The van der Waals surface area contributed by atoms with Crippen molar-refractivity contribution >= 4 is 11.8 Å². The Morgan fingerprint density at radius 2 is 1.86 bits per heavy atom. The molecule has 28 heavy (non-hydrogen) atoms. The number of hydrogen-bond donors (Lipinski definition) is 1. The topological polar surface area (TPSA) is 52.7 Å². The first kappa shape index (κ1) is 20.8. The summed E-state index contributed by atoms with van der Waals surface area (Å²) in [5.74, 6) is 0.371. The van der Waals surface area contributed by atoms with E-state index < -0.39 is 0 Å². The molecule has 2 amide bonds. The van der Waals surface area contributed by atoms with E-state index in [4.69, 9.17) is 0 Å². The van der Waals surface area contributed by atoms with Crippen molar-refractivity contribution in [3.8, 4) is 0 Å². The van der Waals surface area contributed by atoms with Crippen molar-refractivity contribution in [3.05, 3.63) is 34.9 Å². The molecule has 2 aliphatic rings. The van der Waals surface area contributed by atoms with Crippen molar-refractivity contribution in [2.75, 3.05) is 32.7 Å². The summed E-state index contributed by atoms with van der Waals surface area (Å²) < 4.78 is 0. The van der Waals surface area contributed by atoms with Crippen molar-refractivity contribution in [1.82, 2.24) is 15.1 Å². The van der Waals surface area contributed by atoms with Crippen LogP contribution in [0.4, 0.5) is 0 Å². The summed E-state index contributed by atoms with van der Waals surface area (Å²) in [6.45, 7) is 7.99. The number of aryl methyl sites for hydroxylation is 2. The third-order valence-corrected chi connectivity index (χ3v) is 5.94. The lowest BCUT2D eigenvalue weighted by Crippen LogP contribution is -2.38. The average Bonchev–Trinajstić information content (AvgIpc) is 3.00. The first-order chi connectivity index (χ1) is 13.5. The van der Waals surface area contributed by atoms with Crippen molar-refractivity contribution in [3.63, 3.8) is 0 Å². The number of carbonyl (C=O) groups excluding carboxylic acids is 2. The molecule has 1 unspecified atom stereocenters. The van der Waals surface area contributed by atoms with E-state index in [1.54, 1.807) is 0 Å². The predicted octanol–water partition coefficient (Wildman–Crippen LogP) is 3.35. The van der Waals surface area contributed by atoms with E-state index in [2.05, 4.69) is 42.3 Å². The largest absolute Gasteiger partial charge is 0.355 e. The van der Waals surface area contributed by atoms with Gasteiger partial charge in [-0.2, -0.15) is 0 Å². The number of benzene rings is 1. The minimum absolute atomic E-state index is 0.0958. The van der Waals surface area contributed by atoms with E-state index in [9.17, 15) is 9.59 Å². The Kier molecular flexibility index (Phi) is 7.49. The number of amides is 2. The van der Waals surface area contributed by atoms with Gasteiger partial charge in [0.05, 0.1) is 6.54 Å². The minimum atomic E-state index is 0.0958. The highest BCUT2D eigenvalue weighted by Gasteiger charge is 2.27. The number of likely N-dealkylation sites (tertiary alicyclic amines) is 2. The molecule has 1 atom stereocenters. The fraction of sp³-hybridized carbons (Fsp3) is 0.652. The second-order valence-electron chi connectivity index (χ2n) is 8.44. The van der Waals surface area contributed by atoms with Gasteiger partial charge in [-0.3, -0.25) is 14.5 Å². The van der Waals surface area contributed by atoms with Gasteiger partial charge in [-0.25, -0.2) is 0 Å². The zero-order chi connectivity index (χ0) is 19.9. The molecule has 5 nitrogen and oxygen atoms in total. The van der Waals surface area contributed by atoms with E-state index in [1.807, 2.05) is 4.90 Å². The smallest absolute Gasteiger partial charge is 0.234 e. The molecule has 154 valence electrons. The Labute approximate surface area is 169 Å². The van der Waals surface area contributed by atoms with E-state index in [1.165, 1.54) is 16.7 Å². The van der Waals surface area contributed by atoms with Crippen LogP contribution in [0.25, 0.3) is 0 Å². The van der Waals surface area contributed by atoms with Gasteiger partial charge >= 0.3 is 0 Å². The molecule has 0 aliphatic carbocycles. The molecule has 3 rings (SSSR count). The summed E-state index contributed by atoms with van der Waals surface area (Å²) in [5.41, 5.74) is 3.91. The molecule has 0 saturated carbocycles. The Bertz CT molecular complexity index is 668. The van der Waals surface area contributed by atoms with Gasteiger partial charge in [-0.15, -0.1) is 0 Å². The lowest BCUT2D eigenvalue weighted by Gasteiger charge is -2.25. The second kappa shape index (κ2) is 10.1. The zero-order valence-electron chi connectivity index (χ0n) is 17.5. The maximum absolute atomic E-state index is 12.4. The molecular weight excluding hydrogens is 350 g/mol. The summed E-state index contributed by atoms with van der Waals surface area (Å²) in [6.07, 6.45) is 7.04. The lowest BCUT2D eigenvalue weighted by molar-refractivity contribution is -0.130. The molecule has 5 heteroatoms. The van der Waals surface area contributed by atoms with Crippen LogP contribution in [-0.2, 0) is 9.59 Å². The van der Waals surface area contributed by atoms with Gasteiger partial charge in [0.15, 0.2) is 0 Å². The van der Waals surface area contributed by atoms with E-state index in [0.29, 0.717) is 25.6 Å². The molecular formula is C23H35N3O2.